The summed E-state index contributed by atoms with van der Waals surface area (Å²) >= 11 is 0. The molecule has 0 radical (unpaired) electrons. The number of likely N-dealkylation sites (tertiary alicyclic amines) is 1. The molecule has 1 aliphatic heterocycles. The summed E-state index contributed by atoms with van der Waals surface area (Å²) in [5.74, 6) is 0.550. The molecule has 0 unspecified atom stereocenters. The molecule has 26 heavy (non-hydrogen) atoms. The van der Waals surface area contributed by atoms with E-state index in [1.165, 1.54) is 0 Å². The number of imidazole rings is 1. The number of nitrogens with zero attached hydrogens (tertiary/aromatic N) is 3. The van der Waals surface area contributed by atoms with Gasteiger partial charge in [0.05, 0.1) is 18.0 Å². The number of ether oxygens (including phenoxy) is 1. The number of aromatic nitrogens is 2. The lowest BCUT2D eigenvalue weighted by atomic mass is 9.96. The summed E-state index contributed by atoms with van der Waals surface area (Å²) in [5, 5.41) is 0. The monoisotopic (exact) mass is 357 g/mol. The summed E-state index contributed by atoms with van der Waals surface area (Å²) in [6, 6.07) is 5.80. The van der Waals surface area contributed by atoms with Crippen LogP contribution in [0.1, 0.15) is 56.8 Å². The Balaban J connectivity index is 1.82. The van der Waals surface area contributed by atoms with Crippen molar-refractivity contribution in [3.63, 3.8) is 0 Å². The number of esters is 1. The summed E-state index contributed by atoms with van der Waals surface area (Å²) in [7, 11) is 0. The zero-order valence-electron chi connectivity index (χ0n) is 16.0. The van der Waals surface area contributed by atoms with Crippen LogP contribution in [0.15, 0.2) is 24.4 Å². The van der Waals surface area contributed by atoms with Crippen LogP contribution in [0.3, 0.4) is 0 Å². The number of piperidine rings is 1. The molecule has 2 aromatic heterocycles. The Morgan fingerprint density at radius 2 is 1.92 bits per heavy atom. The normalized spacial score (nSPS) is 16.1. The van der Waals surface area contributed by atoms with Gasteiger partial charge >= 0.3 is 5.97 Å². The second kappa shape index (κ2) is 7.09. The van der Waals surface area contributed by atoms with Gasteiger partial charge < -0.3 is 14.0 Å². The highest BCUT2D eigenvalue weighted by atomic mass is 16.5. The number of fused-ring (bicyclic) bond motifs is 1. The van der Waals surface area contributed by atoms with Gasteiger partial charge in [-0.2, -0.15) is 0 Å². The number of rotatable bonds is 3. The van der Waals surface area contributed by atoms with E-state index in [4.69, 9.17) is 9.72 Å². The molecule has 0 atom stereocenters. The summed E-state index contributed by atoms with van der Waals surface area (Å²) in [4.78, 5) is 31.5. The predicted molar refractivity (Wildman–Crippen MR) is 99.2 cm³/mol. The van der Waals surface area contributed by atoms with Crippen LogP contribution in [-0.4, -0.2) is 45.9 Å². The fraction of sp³-hybridized carbons (Fsp3) is 0.550. The molecule has 140 valence electrons. The summed E-state index contributed by atoms with van der Waals surface area (Å²) in [6.07, 6.45) is 3.23. The number of amides is 1. The van der Waals surface area contributed by atoms with Crippen molar-refractivity contribution >= 4 is 17.4 Å². The van der Waals surface area contributed by atoms with Gasteiger partial charge in [0.2, 0.25) is 0 Å². The molecule has 1 amide bonds. The minimum atomic E-state index is -0.167. The van der Waals surface area contributed by atoms with Crippen LogP contribution in [0.5, 0.6) is 0 Å². The molecule has 6 heteroatoms. The van der Waals surface area contributed by atoms with Crippen molar-refractivity contribution in [3.8, 4) is 0 Å². The maximum atomic E-state index is 13.1. The highest BCUT2D eigenvalue weighted by Crippen LogP contribution is 2.26. The first kappa shape index (κ1) is 18.4. The average Bonchev–Trinajstić information content (AvgIpc) is 3.01. The van der Waals surface area contributed by atoms with Crippen molar-refractivity contribution < 1.29 is 14.3 Å². The van der Waals surface area contributed by atoms with Gasteiger partial charge in [-0.3, -0.25) is 9.59 Å². The van der Waals surface area contributed by atoms with Gasteiger partial charge in [0.1, 0.15) is 5.82 Å². The zero-order chi connectivity index (χ0) is 18.9. The fourth-order valence-corrected chi connectivity index (χ4v) is 3.45. The Morgan fingerprint density at radius 1 is 1.23 bits per heavy atom. The molecule has 0 aromatic carbocycles. The number of hydrogen-bond donors (Lipinski definition) is 0. The van der Waals surface area contributed by atoms with Crippen LogP contribution < -0.4 is 0 Å². The molecule has 3 heterocycles. The first-order valence-corrected chi connectivity index (χ1v) is 9.26. The fourth-order valence-electron chi connectivity index (χ4n) is 3.45. The van der Waals surface area contributed by atoms with E-state index in [2.05, 4.69) is 20.8 Å². The summed E-state index contributed by atoms with van der Waals surface area (Å²) in [5.41, 5.74) is 1.15. The van der Waals surface area contributed by atoms with E-state index in [1.807, 2.05) is 35.7 Å². The van der Waals surface area contributed by atoms with Crippen LogP contribution in [0.25, 0.3) is 5.52 Å². The van der Waals surface area contributed by atoms with E-state index >= 15 is 0 Å². The van der Waals surface area contributed by atoms with Crippen molar-refractivity contribution in [2.75, 3.05) is 19.7 Å². The Bertz CT molecular complexity index is 811. The molecular formula is C20H27N3O3. The van der Waals surface area contributed by atoms with Crippen LogP contribution in [0, 0.1) is 5.92 Å². The summed E-state index contributed by atoms with van der Waals surface area (Å²) in [6.45, 7) is 9.59. The zero-order valence-corrected chi connectivity index (χ0v) is 16.0. The first-order valence-electron chi connectivity index (χ1n) is 9.26. The van der Waals surface area contributed by atoms with E-state index in [1.54, 1.807) is 4.90 Å². The van der Waals surface area contributed by atoms with Crippen LogP contribution >= 0.6 is 0 Å². The Kier molecular flexibility index (Phi) is 5.03. The molecule has 1 saturated heterocycles. The molecule has 1 fully saturated rings. The van der Waals surface area contributed by atoms with E-state index < -0.39 is 0 Å². The number of hydrogen-bond acceptors (Lipinski definition) is 4. The van der Waals surface area contributed by atoms with Gasteiger partial charge in [-0.05, 0) is 31.9 Å². The molecule has 2 aromatic rings. The Morgan fingerprint density at radius 3 is 2.54 bits per heavy atom. The maximum Gasteiger partial charge on any atom is 0.309 e. The maximum absolute atomic E-state index is 13.1. The van der Waals surface area contributed by atoms with Crippen molar-refractivity contribution in [1.29, 1.82) is 0 Å². The molecule has 0 saturated carbocycles. The number of carbonyl (C=O) groups is 2. The Hall–Kier alpha value is -2.37. The van der Waals surface area contributed by atoms with E-state index in [-0.39, 0.29) is 23.2 Å². The van der Waals surface area contributed by atoms with Crippen LogP contribution in [-0.2, 0) is 14.9 Å². The summed E-state index contributed by atoms with van der Waals surface area (Å²) < 4.78 is 7.10. The highest BCUT2D eigenvalue weighted by molar-refractivity contribution is 5.99. The lowest BCUT2D eigenvalue weighted by Crippen LogP contribution is -2.40. The van der Waals surface area contributed by atoms with E-state index in [9.17, 15) is 9.59 Å². The predicted octanol–water partition coefficient (Wildman–Crippen LogP) is 3.05. The SMILES string of the molecule is CCOC(=O)C1CCN(C(=O)c2nc(C(C)(C)C)n3ccccc23)CC1. The lowest BCUT2D eigenvalue weighted by molar-refractivity contribution is -0.149. The van der Waals surface area contributed by atoms with Gasteiger partial charge in [0.15, 0.2) is 5.69 Å². The standard InChI is InChI=1S/C20H27N3O3/c1-5-26-18(25)14-9-12-22(13-10-14)17(24)16-15-8-6-7-11-23(15)19(21-16)20(2,3)4/h6-8,11,14H,5,9-10,12-13H2,1-4H3. The average molecular weight is 357 g/mol. The third kappa shape index (κ3) is 3.45. The lowest BCUT2D eigenvalue weighted by Gasteiger charge is -2.30. The molecule has 1 aliphatic rings. The van der Waals surface area contributed by atoms with Crippen LogP contribution in [0.4, 0.5) is 0 Å². The quantitative estimate of drug-likeness (QED) is 0.792. The van der Waals surface area contributed by atoms with Crippen molar-refractivity contribution in [2.45, 2.75) is 46.0 Å². The number of carbonyl (C=O) groups excluding carboxylic acids is 2. The van der Waals surface area contributed by atoms with Crippen molar-refractivity contribution in [3.05, 3.63) is 35.9 Å². The van der Waals surface area contributed by atoms with Gasteiger partial charge in [-0.15, -0.1) is 0 Å². The third-order valence-electron chi connectivity index (χ3n) is 4.82. The highest BCUT2D eigenvalue weighted by Gasteiger charge is 2.31. The molecule has 0 aliphatic carbocycles. The molecular weight excluding hydrogens is 330 g/mol. The molecule has 0 bridgehead atoms. The number of pyridine rings is 1. The van der Waals surface area contributed by atoms with Crippen LogP contribution in [0.2, 0.25) is 0 Å². The minimum Gasteiger partial charge on any atom is -0.466 e. The smallest absolute Gasteiger partial charge is 0.309 e. The largest absolute Gasteiger partial charge is 0.466 e. The van der Waals surface area contributed by atoms with Crippen molar-refractivity contribution in [1.82, 2.24) is 14.3 Å². The van der Waals surface area contributed by atoms with Gasteiger partial charge in [0, 0.05) is 24.7 Å². The van der Waals surface area contributed by atoms with Gasteiger partial charge in [0.25, 0.3) is 5.91 Å². The molecule has 6 nitrogen and oxygen atoms in total. The van der Waals surface area contributed by atoms with Crippen molar-refractivity contribution in [2.24, 2.45) is 5.92 Å². The molecule has 0 N–H and O–H groups in total. The second-order valence-electron chi connectivity index (χ2n) is 7.81. The molecule has 3 rings (SSSR count). The van der Waals surface area contributed by atoms with E-state index in [0.29, 0.717) is 38.2 Å². The topological polar surface area (TPSA) is 63.9 Å². The molecule has 0 spiro atoms. The van der Waals surface area contributed by atoms with Gasteiger partial charge in [-0.1, -0.05) is 26.8 Å². The second-order valence-corrected chi connectivity index (χ2v) is 7.81. The Labute approximate surface area is 154 Å². The first-order chi connectivity index (χ1) is 12.3. The third-order valence-corrected chi connectivity index (χ3v) is 4.82. The van der Waals surface area contributed by atoms with E-state index in [0.717, 1.165) is 11.3 Å². The minimum absolute atomic E-state index is 0.0634. The van der Waals surface area contributed by atoms with Gasteiger partial charge in [-0.25, -0.2) is 4.98 Å².